The van der Waals surface area contributed by atoms with Crippen LogP contribution in [0.5, 0.6) is 0 Å². The largest absolute Gasteiger partial charge is 0.326 e. The van der Waals surface area contributed by atoms with Gasteiger partial charge >= 0.3 is 0 Å². The fraction of sp³-hybridized carbons (Fsp3) is 0.647. The highest BCUT2D eigenvalue weighted by Crippen LogP contribution is 2.27. The lowest BCUT2D eigenvalue weighted by molar-refractivity contribution is 0.0713. The summed E-state index contributed by atoms with van der Waals surface area (Å²) < 4.78 is 0. The predicted octanol–water partition coefficient (Wildman–Crippen LogP) is 2.35. The van der Waals surface area contributed by atoms with Crippen LogP contribution >= 0.6 is 0 Å². The van der Waals surface area contributed by atoms with Crippen LogP contribution in [0.2, 0.25) is 0 Å². The van der Waals surface area contributed by atoms with Gasteiger partial charge in [0.1, 0.15) is 0 Å². The van der Waals surface area contributed by atoms with Crippen molar-refractivity contribution < 1.29 is 0 Å². The van der Waals surface area contributed by atoms with Crippen LogP contribution in [0.25, 0.3) is 0 Å². The third kappa shape index (κ3) is 3.81. The molecule has 20 heavy (non-hydrogen) atoms. The van der Waals surface area contributed by atoms with Crippen molar-refractivity contribution >= 4 is 0 Å². The fourth-order valence-electron chi connectivity index (χ4n) is 2.69. The molecule has 1 aliphatic rings. The number of hydrogen-bond acceptors (Lipinski definition) is 3. The molecule has 1 aromatic carbocycles. The molecule has 1 heterocycles. The Morgan fingerprint density at radius 3 is 2.45 bits per heavy atom. The second kappa shape index (κ2) is 6.25. The zero-order chi connectivity index (χ0) is 14.8. The Kier molecular flexibility index (Phi) is 4.84. The van der Waals surface area contributed by atoms with Gasteiger partial charge in [0.15, 0.2) is 0 Å². The molecular weight excluding hydrogens is 246 g/mol. The number of benzene rings is 1. The Balaban J connectivity index is 2.13. The molecule has 1 aromatic rings. The summed E-state index contributed by atoms with van der Waals surface area (Å²) in [7, 11) is 2.21. The molecule has 112 valence electrons. The third-order valence-electron chi connectivity index (χ3n) is 4.42. The number of rotatable bonds is 3. The Labute approximate surface area is 123 Å². The maximum atomic E-state index is 6.40. The van der Waals surface area contributed by atoms with E-state index in [1.807, 2.05) is 0 Å². The molecule has 2 N–H and O–H groups in total. The summed E-state index contributed by atoms with van der Waals surface area (Å²) in [4.78, 5) is 4.97. The molecule has 2 rings (SSSR count). The van der Waals surface area contributed by atoms with Crippen LogP contribution in [0, 0.1) is 5.41 Å². The van der Waals surface area contributed by atoms with E-state index in [0.29, 0.717) is 6.04 Å². The van der Waals surface area contributed by atoms with Crippen molar-refractivity contribution in [3.63, 3.8) is 0 Å². The molecule has 0 amide bonds. The second-order valence-corrected chi connectivity index (χ2v) is 7.16. The molecule has 2 atom stereocenters. The minimum Gasteiger partial charge on any atom is -0.326 e. The van der Waals surface area contributed by atoms with Gasteiger partial charge in [-0.05, 0) is 18.0 Å². The van der Waals surface area contributed by atoms with Gasteiger partial charge in [-0.2, -0.15) is 0 Å². The van der Waals surface area contributed by atoms with E-state index in [0.717, 1.165) is 26.2 Å². The number of hydrogen-bond donors (Lipinski definition) is 1. The van der Waals surface area contributed by atoms with Crippen LogP contribution in [0.3, 0.4) is 0 Å². The summed E-state index contributed by atoms with van der Waals surface area (Å²) in [5.74, 6) is 0. The lowest BCUT2D eigenvalue weighted by Gasteiger charge is -2.43. The maximum Gasteiger partial charge on any atom is 0.0476 e. The zero-order valence-corrected chi connectivity index (χ0v) is 13.3. The van der Waals surface area contributed by atoms with Crippen molar-refractivity contribution in [3.8, 4) is 0 Å². The number of nitrogens with zero attached hydrogens (tertiary/aromatic N) is 2. The third-order valence-corrected chi connectivity index (χ3v) is 4.42. The smallest absolute Gasteiger partial charge is 0.0476 e. The van der Waals surface area contributed by atoms with E-state index in [9.17, 15) is 0 Å². The van der Waals surface area contributed by atoms with Gasteiger partial charge in [0.05, 0.1) is 0 Å². The molecule has 1 fully saturated rings. The molecule has 1 aliphatic heterocycles. The van der Waals surface area contributed by atoms with Crippen LogP contribution in [0.1, 0.15) is 32.4 Å². The van der Waals surface area contributed by atoms with E-state index in [1.54, 1.807) is 0 Å². The first-order valence-corrected chi connectivity index (χ1v) is 7.61. The normalized spacial score (nSPS) is 23.8. The van der Waals surface area contributed by atoms with Gasteiger partial charge in [-0.1, -0.05) is 51.1 Å². The van der Waals surface area contributed by atoms with Gasteiger partial charge in [0.2, 0.25) is 0 Å². The van der Waals surface area contributed by atoms with E-state index >= 15 is 0 Å². The van der Waals surface area contributed by atoms with Gasteiger partial charge in [-0.25, -0.2) is 0 Å². The van der Waals surface area contributed by atoms with Crippen molar-refractivity contribution in [3.05, 3.63) is 35.9 Å². The minimum absolute atomic E-state index is 0.157. The quantitative estimate of drug-likeness (QED) is 0.919. The van der Waals surface area contributed by atoms with Gasteiger partial charge < -0.3 is 10.6 Å². The molecule has 2 unspecified atom stereocenters. The van der Waals surface area contributed by atoms with E-state index < -0.39 is 0 Å². The van der Waals surface area contributed by atoms with Crippen LogP contribution in [-0.4, -0.2) is 49.1 Å². The second-order valence-electron chi connectivity index (χ2n) is 7.16. The van der Waals surface area contributed by atoms with Gasteiger partial charge in [-0.15, -0.1) is 0 Å². The Morgan fingerprint density at radius 2 is 1.85 bits per heavy atom. The summed E-state index contributed by atoms with van der Waals surface area (Å²) >= 11 is 0. The average molecular weight is 275 g/mol. The number of likely N-dealkylation sites (N-methyl/N-ethyl adjacent to an activating group) is 1. The predicted molar refractivity (Wildman–Crippen MR) is 85.7 cm³/mol. The summed E-state index contributed by atoms with van der Waals surface area (Å²) in [5, 5.41) is 0. The van der Waals surface area contributed by atoms with Crippen molar-refractivity contribution in [2.24, 2.45) is 11.1 Å². The number of nitrogens with two attached hydrogens (primary N) is 1. The molecule has 3 heteroatoms. The molecule has 1 saturated heterocycles. The Morgan fingerprint density at radius 1 is 1.20 bits per heavy atom. The van der Waals surface area contributed by atoms with Crippen LogP contribution < -0.4 is 5.73 Å². The maximum absolute atomic E-state index is 6.40. The topological polar surface area (TPSA) is 32.5 Å². The van der Waals surface area contributed by atoms with Crippen molar-refractivity contribution in [2.75, 3.05) is 33.2 Å². The van der Waals surface area contributed by atoms with Crippen molar-refractivity contribution in [1.82, 2.24) is 9.80 Å². The molecule has 0 bridgehead atoms. The first kappa shape index (κ1) is 15.5. The highest BCUT2D eigenvalue weighted by Gasteiger charge is 2.30. The molecule has 0 aromatic heterocycles. The standard InChI is InChI=1S/C17H29N3/c1-17(2,3)16(18)13-20-11-10-19(4)12-15(20)14-8-6-5-7-9-14/h5-9,15-16H,10-13,18H2,1-4H3. The van der Waals surface area contributed by atoms with E-state index in [4.69, 9.17) is 5.73 Å². The SMILES string of the molecule is CN1CCN(CC(N)C(C)(C)C)C(c2ccccc2)C1. The molecular formula is C17H29N3. The Hall–Kier alpha value is -0.900. The van der Waals surface area contributed by atoms with Gasteiger partial charge in [0.25, 0.3) is 0 Å². The first-order chi connectivity index (χ1) is 9.38. The molecule has 0 radical (unpaired) electrons. The van der Waals surface area contributed by atoms with Crippen LogP contribution in [0.4, 0.5) is 0 Å². The number of piperazine rings is 1. The average Bonchev–Trinajstić information content (AvgIpc) is 2.40. The molecule has 0 saturated carbocycles. The fourth-order valence-corrected chi connectivity index (χ4v) is 2.69. The molecule has 0 aliphatic carbocycles. The minimum atomic E-state index is 0.157. The van der Waals surface area contributed by atoms with E-state index in [-0.39, 0.29) is 11.5 Å². The van der Waals surface area contributed by atoms with Gasteiger partial charge in [-0.3, -0.25) is 4.90 Å². The van der Waals surface area contributed by atoms with Crippen LogP contribution in [-0.2, 0) is 0 Å². The Bertz CT molecular complexity index is 410. The summed E-state index contributed by atoms with van der Waals surface area (Å²) in [6.07, 6.45) is 0. The summed E-state index contributed by atoms with van der Waals surface area (Å²) in [5.41, 5.74) is 7.96. The van der Waals surface area contributed by atoms with Crippen molar-refractivity contribution in [1.29, 1.82) is 0 Å². The first-order valence-electron chi connectivity index (χ1n) is 7.61. The molecule has 3 nitrogen and oxygen atoms in total. The lowest BCUT2D eigenvalue weighted by atomic mass is 9.86. The van der Waals surface area contributed by atoms with E-state index in [2.05, 4.69) is 68.0 Å². The highest BCUT2D eigenvalue weighted by atomic mass is 15.3. The summed E-state index contributed by atoms with van der Waals surface area (Å²) in [6.45, 7) is 11.0. The molecule has 0 spiro atoms. The monoisotopic (exact) mass is 275 g/mol. The lowest BCUT2D eigenvalue weighted by Crippen LogP contribution is -2.53. The van der Waals surface area contributed by atoms with Crippen LogP contribution in [0.15, 0.2) is 30.3 Å². The highest BCUT2D eigenvalue weighted by molar-refractivity contribution is 5.20. The zero-order valence-electron chi connectivity index (χ0n) is 13.3. The van der Waals surface area contributed by atoms with Crippen molar-refractivity contribution in [2.45, 2.75) is 32.9 Å². The van der Waals surface area contributed by atoms with E-state index in [1.165, 1.54) is 5.56 Å². The summed E-state index contributed by atoms with van der Waals surface area (Å²) in [6, 6.07) is 11.5. The van der Waals surface area contributed by atoms with Gasteiger partial charge in [0, 0.05) is 38.3 Å².